The summed E-state index contributed by atoms with van der Waals surface area (Å²) in [6, 6.07) is 16.4. The lowest BCUT2D eigenvalue weighted by molar-refractivity contribution is -0.129. The molecule has 0 fully saturated rings. The molecule has 0 radical (unpaired) electrons. The molecule has 0 bridgehead atoms. The van der Waals surface area contributed by atoms with E-state index in [4.69, 9.17) is 0 Å². The number of aryl methyl sites for hydroxylation is 1. The topological polar surface area (TPSA) is 25.2 Å². The predicted molar refractivity (Wildman–Crippen MR) is 102 cm³/mol. The Bertz CT molecular complexity index is 869. The number of nitrogens with zero attached hydrogens (tertiary/aromatic N) is 2. The molecule has 3 aromatic rings. The van der Waals surface area contributed by atoms with E-state index < -0.39 is 0 Å². The second kappa shape index (κ2) is 7.22. The van der Waals surface area contributed by atoms with Crippen molar-refractivity contribution >= 4 is 32.7 Å². The van der Waals surface area contributed by atoms with E-state index >= 15 is 0 Å². The predicted octanol–water partition coefficient (Wildman–Crippen LogP) is 4.18. The fourth-order valence-electron chi connectivity index (χ4n) is 2.98. The van der Waals surface area contributed by atoms with Gasteiger partial charge in [-0.05, 0) is 29.7 Å². The smallest absolute Gasteiger partial charge is 0.226 e. The third-order valence-corrected chi connectivity index (χ3v) is 5.19. The van der Waals surface area contributed by atoms with Gasteiger partial charge in [0.15, 0.2) is 0 Å². The molecule has 2 aromatic carbocycles. The molecule has 1 heterocycles. The van der Waals surface area contributed by atoms with Crippen LogP contribution in [-0.4, -0.2) is 29.0 Å². The van der Waals surface area contributed by atoms with Crippen LogP contribution < -0.4 is 0 Å². The van der Waals surface area contributed by atoms with Gasteiger partial charge in [0, 0.05) is 42.2 Å². The van der Waals surface area contributed by atoms with Gasteiger partial charge in [-0.1, -0.05) is 52.3 Å². The average Bonchev–Trinajstić information content (AvgIpc) is 2.90. The van der Waals surface area contributed by atoms with Crippen molar-refractivity contribution in [2.24, 2.45) is 7.05 Å². The Hall–Kier alpha value is -2.07. The van der Waals surface area contributed by atoms with Crippen LogP contribution >= 0.6 is 15.9 Å². The standard InChI is InChI=1S/C20H21BrN2O/c1-22(12-11-15-7-3-5-9-18(15)21)20(24)13-16-14-23(2)19-10-6-4-8-17(16)19/h3-10,14H,11-13H2,1-2H3. The molecular weight excluding hydrogens is 364 g/mol. The van der Waals surface area contributed by atoms with Crippen LogP contribution in [0.25, 0.3) is 10.9 Å². The van der Waals surface area contributed by atoms with Gasteiger partial charge in [-0.25, -0.2) is 0 Å². The van der Waals surface area contributed by atoms with Crippen molar-refractivity contribution in [3.05, 3.63) is 70.3 Å². The van der Waals surface area contributed by atoms with Crippen molar-refractivity contribution in [2.45, 2.75) is 12.8 Å². The van der Waals surface area contributed by atoms with Crippen LogP contribution in [0.3, 0.4) is 0 Å². The van der Waals surface area contributed by atoms with Crippen LogP contribution in [0.4, 0.5) is 0 Å². The quantitative estimate of drug-likeness (QED) is 0.647. The Morgan fingerprint density at radius 1 is 1.08 bits per heavy atom. The van der Waals surface area contributed by atoms with Crippen molar-refractivity contribution in [3.8, 4) is 0 Å². The molecule has 0 N–H and O–H groups in total. The van der Waals surface area contributed by atoms with E-state index in [1.807, 2.05) is 49.3 Å². The monoisotopic (exact) mass is 384 g/mol. The Morgan fingerprint density at radius 2 is 1.79 bits per heavy atom. The van der Waals surface area contributed by atoms with Crippen molar-refractivity contribution in [1.82, 2.24) is 9.47 Å². The summed E-state index contributed by atoms with van der Waals surface area (Å²) >= 11 is 3.56. The third-order valence-electron chi connectivity index (χ3n) is 4.42. The lowest BCUT2D eigenvalue weighted by Crippen LogP contribution is -2.30. The average molecular weight is 385 g/mol. The lowest BCUT2D eigenvalue weighted by atomic mass is 10.1. The molecule has 1 amide bonds. The SMILES string of the molecule is CN(CCc1ccccc1Br)C(=O)Cc1cn(C)c2ccccc12. The van der Waals surface area contributed by atoms with Crippen LogP contribution in [0.15, 0.2) is 59.2 Å². The summed E-state index contributed by atoms with van der Waals surface area (Å²) in [5.41, 5.74) is 3.48. The largest absolute Gasteiger partial charge is 0.350 e. The van der Waals surface area contributed by atoms with E-state index in [1.54, 1.807) is 0 Å². The van der Waals surface area contributed by atoms with E-state index in [2.05, 4.69) is 44.9 Å². The van der Waals surface area contributed by atoms with Crippen LogP contribution in [0.5, 0.6) is 0 Å². The van der Waals surface area contributed by atoms with Gasteiger partial charge in [0.05, 0.1) is 6.42 Å². The molecule has 0 saturated carbocycles. The molecular formula is C20H21BrN2O. The molecule has 0 saturated heterocycles. The van der Waals surface area contributed by atoms with Crippen molar-refractivity contribution < 1.29 is 4.79 Å². The summed E-state index contributed by atoms with van der Waals surface area (Å²) in [7, 11) is 3.90. The first-order valence-electron chi connectivity index (χ1n) is 8.06. The minimum Gasteiger partial charge on any atom is -0.350 e. The Labute approximate surface area is 151 Å². The Kier molecular flexibility index (Phi) is 5.05. The number of hydrogen-bond acceptors (Lipinski definition) is 1. The molecule has 0 aliphatic carbocycles. The van der Waals surface area contributed by atoms with E-state index in [0.717, 1.165) is 27.4 Å². The molecule has 1 aromatic heterocycles. The zero-order chi connectivity index (χ0) is 17.1. The van der Waals surface area contributed by atoms with E-state index in [-0.39, 0.29) is 5.91 Å². The van der Waals surface area contributed by atoms with E-state index in [0.29, 0.717) is 13.0 Å². The highest BCUT2D eigenvalue weighted by Gasteiger charge is 2.14. The molecule has 124 valence electrons. The first-order chi connectivity index (χ1) is 11.6. The molecule has 4 heteroatoms. The number of amides is 1. The van der Waals surface area contributed by atoms with Gasteiger partial charge >= 0.3 is 0 Å². The Morgan fingerprint density at radius 3 is 2.58 bits per heavy atom. The highest BCUT2D eigenvalue weighted by molar-refractivity contribution is 9.10. The number of benzene rings is 2. The summed E-state index contributed by atoms with van der Waals surface area (Å²) in [5.74, 6) is 0.151. The zero-order valence-electron chi connectivity index (χ0n) is 14.0. The Balaban J connectivity index is 1.67. The minimum atomic E-state index is 0.151. The van der Waals surface area contributed by atoms with Crippen molar-refractivity contribution in [2.75, 3.05) is 13.6 Å². The van der Waals surface area contributed by atoms with Gasteiger partial charge in [0.25, 0.3) is 0 Å². The number of carbonyl (C=O) groups excluding carboxylic acids is 1. The number of likely N-dealkylation sites (N-methyl/N-ethyl adjacent to an activating group) is 1. The first-order valence-corrected chi connectivity index (χ1v) is 8.86. The van der Waals surface area contributed by atoms with Gasteiger partial charge in [-0.15, -0.1) is 0 Å². The number of fused-ring (bicyclic) bond motifs is 1. The molecule has 3 nitrogen and oxygen atoms in total. The summed E-state index contributed by atoms with van der Waals surface area (Å²) in [6.07, 6.45) is 3.34. The molecule has 0 unspecified atom stereocenters. The molecule has 24 heavy (non-hydrogen) atoms. The van der Waals surface area contributed by atoms with Crippen molar-refractivity contribution in [1.29, 1.82) is 0 Å². The highest BCUT2D eigenvalue weighted by atomic mass is 79.9. The number of halogens is 1. The maximum atomic E-state index is 12.6. The first kappa shape index (κ1) is 16.8. The van der Waals surface area contributed by atoms with Gasteiger partial charge in [0.2, 0.25) is 5.91 Å². The summed E-state index contributed by atoms with van der Waals surface area (Å²) in [6.45, 7) is 0.714. The number of carbonyl (C=O) groups is 1. The highest BCUT2D eigenvalue weighted by Crippen LogP contribution is 2.21. The number of para-hydroxylation sites is 1. The van der Waals surface area contributed by atoms with Gasteiger partial charge < -0.3 is 9.47 Å². The molecule has 0 aliphatic heterocycles. The fourth-order valence-corrected chi connectivity index (χ4v) is 3.46. The number of hydrogen-bond donors (Lipinski definition) is 0. The lowest BCUT2D eigenvalue weighted by Gasteiger charge is -2.17. The van der Waals surface area contributed by atoms with E-state index in [9.17, 15) is 4.79 Å². The zero-order valence-corrected chi connectivity index (χ0v) is 15.6. The molecule has 0 atom stereocenters. The number of aromatic nitrogens is 1. The maximum Gasteiger partial charge on any atom is 0.226 e. The second-order valence-corrected chi connectivity index (χ2v) is 6.97. The molecule has 0 aliphatic rings. The second-order valence-electron chi connectivity index (χ2n) is 6.12. The normalized spacial score (nSPS) is 11.0. The van der Waals surface area contributed by atoms with Gasteiger partial charge in [-0.3, -0.25) is 4.79 Å². The number of rotatable bonds is 5. The van der Waals surface area contributed by atoms with E-state index in [1.165, 1.54) is 5.56 Å². The summed E-state index contributed by atoms with van der Waals surface area (Å²) < 4.78 is 3.18. The van der Waals surface area contributed by atoms with Crippen LogP contribution in [-0.2, 0) is 24.7 Å². The van der Waals surface area contributed by atoms with Crippen LogP contribution in [0.1, 0.15) is 11.1 Å². The fraction of sp³-hybridized carbons (Fsp3) is 0.250. The summed E-state index contributed by atoms with van der Waals surface area (Å²) in [5, 5.41) is 1.16. The third kappa shape index (κ3) is 3.54. The van der Waals surface area contributed by atoms with Gasteiger partial charge in [0.1, 0.15) is 0 Å². The summed E-state index contributed by atoms with van der Waals surface area (Å²) in [4.78, 5) is 14.4. The minimum absolute atomic E-state index is 0.151. The molecule has 3 rings (SSSR count). The van der Waals surface area contributed by atoms with Crippen LogP contribution in [0, 0.1) is 0 Å². The molecule has 0 spiro atoms. The van der Waals surface area contributed by atoms with Crippen molar-refractivity contribution in [3.63, 3.8) is 0 Å². The van der Waals surface area contributed by atoms with Crippen LogP contribution in [0.2, 0.25) is 0 Å². The van der Waals surface area contributed by atoms with Gasteiger partial charge in [-0.2, -0.15) is 0 Å². The maximum absolute atomic E-state index is 12.6.